The molecule has 2 N–H and O–H groups in total. The Bertz CT molecular complexity index is 346. The molecular weight excluding hydrogens is 262 g/mol. The molecule has 0 aliphatic heterocycles. The Kier molecular flexibility index (Phi) is 6.50. The van der Waals surface area contributed by atoms with Crippen LogP contribution in [0.1, 0.15) is 20.8 Å². The second-order valence-corrected chi connectivity index (χ2v) is 8.65. The molecule has 1 atom stereocenters. The largest absolute Gasteiger partial charge is 0.468 e. The maximum atomic E-state index is 11.8. The van der Waals surface area contributed by atoms with Gasteiger partial charge in [0.1, 0.15) is 6.04 Å². The molecule has 0 saturated carbocycles. The molecule has 7 heteroatoms. The molecule has 0 aromatic carbocycles. The van der Waals surface area contributed by atoms with Gasteiger partial charge in [-0.15, -0.1) is 0 Å². The summed E-state index contributed by atoms with van der Waals surface area (Å²) in [7, 11) is -1.82. The number of thioether (sulfide) groups is 1. The molecule has 0 fully saturated rings. The van der Waals surface area contributed by atoms with Crippen molar-refractivity contribution in [1.82, 2.24) is 0 Å². The van der Waals surface area contributed by atoms with Crippen LogP contribution < -0.4 is 5.73 Å². The van der Waals surface area contributed by atoms with Crippen LogP contribution in [-0.2, 0) is 19.4 Å². The smallest absolute Gasteiger partial charge is 0.323 e. The monoisotopic (exact) mass is 283 g/mol. The average Bonchev–Trinajstić information content (AvgIpc) is 2.21. The molecule has 102 valence electrons. The standard InChI is InChI=1S/C10H21NO4S2/c1-10(2,3)17(13,14)6-5-16-7-8(11)9(12)15-4/h8H,5-7,11H2,1-4H3. The molecule has 0 rings (SSSR count). The molecule has 0 aromatic rings. The van der Waals surface area contributed by atoms with Gasteiger partial charge in [0.25, 0.3) is 0 Å². The van der Waals surface area contributed by atoms with Crippen molar-refractivity contribution in [2.24, 2.45) is 5.73 Å². The minimum Gasteiger partial charge on any atom is -0.468 e. The average molecular weight is 283 g/mol. The Morgan fingerprint density at radius 2 is 1.94 bits per heavy atom. The van der Waals surface area contributed by atoms with E-state index in [1.54, 1.807) is 20.8 Å². The van der Waals surface area contributed by atoms with Crippen molar-refractivity contribution in [2.45, 2.75) is 31.6 Å². The van der Waals surface area contributed by atoms with Crippen LogP contribution in [0.5, 0.6) is 0 Å². The summed E-state index contributed by atoms with van der Waals surface area (Å²) in [6.07, 6.45) is 0. The number of nitrogens with two attached hydrogens (primary N) is 1. The summed E-state index contributed by atoms with van der Waals surface area (Å²) in [5.41, 5.74) is 5.52. The van der Waals surface area contributed by atoms with Crippen LogP contribution in [0, 0.1) is 0 Å². The van der Waals surface area contributed by atoms with Gasteiger partial charge in [-0.3, -0.25) is 4.79 Å². The first-order valence-corrected chi connectivity index (χ1v) is 8.06. The molecule has 5 nitrogen and oxygen atoms in total. The molecule has 0 heterocycles. The molecule has 1 unspecified atom stereocenters. The van der Waals surface area contributed by atoms with Crippen molar-refractivity contribution in [3.63, 3.8) is 0 Å². The van der Waals surface area contributed by atoms with Gasteiger partial charge in [-0.2, -0.15) is 11.8 Å². The highest BCUT2D eigenvalue weighted by molar-refractivity contribution is 8.00. The zero-order chi connectivity index (χ0) is 13.7. The molecule has 0 amide bonds. The minimum atomic E-state index is -3.10. The summed E-state index contributed by atoms with van der Waals surface area (Å²) in [6, 6.07) is -0.692. The van der Waals surface area contributed by atoms with E-state index in [1.165, 1.54) is 18.9 Å². The first-order valence-electron chi connectivity index (χ1n) is 5.25. The van der Waals surface area contributed by atoms with Gasteiger partial charge in [-0.25, -0.2) is 8.42 Å². The highest BCUT2D eigenvalue weighted by Crippen LogP contribution is 2.17. The first kappa shape index (κ1) is 16.7. The highest BCUT2D eigenvalue weighted by atomic mass is 32.2. The molecule has 0 aliphatic rings. The van der Waals surface area contributed by atoms with Crippen LogP contribution in [-0.4, -0.2) is 49.5 Å². The van der Waals surface area contributed by atoms with Crippen LogP contribution in [0.25, 0.3) is 0 Å². The normalized spacial score (nSPS) is 14.4. The summed E-state index contributed by atoms with van der Waals surface area (Å²) in [5.74, 6) is 0.419. The third kappa shape index (κ3) is 5.74. The lowest BCUT2D eigenvalue weighted by atomic mass is 10.3. The Balaban J connectivity index is 3.99. The third-order valence-corrected chi connectivity index (χ3v) is 6.18. The van der Waals surface area contributed by atoms with Gasteiger partial charge in [0.15, 0.2) is 9.84 Å². The van der Waals surface area contributed by atoms with E-state index in [2.05, 4.69) is 4.74 Å². The quantitative estimate of drug-likeness (QED) is 0.562. The number of rotatable bonds is 6. The van der Waals surface area contributed by atoms with Gasteiger partial charge in [0, 0.05) is 11.5 Å². The molecule has 17 heavy (non-hydrogen) atoms. The van der Waals surface area contributed by atoms with Crippen molar-refractivity contribution in [3.8, 4) is 0 Å². The van der Waals surface area contributed by atoms with Gasteiger partial charge in [0.05, 0.1) is 17.6 Å². The number of carbonyl (C=O) groups is 1. The van der Waals surface area contributed by atoms with E-state index in [1.807, 2.05) is 0 Å². The van der Waals surface area contributed by atoms with E-state index in [-0.39, 0.29) is 5.75 Å². The summed E-state index contributed by atoms with van der Waals surface area (Å²) >= 11 is 1.34. The van der Waals surface area contributed by atoms with Crippen molar-refractivity contribution >= 4 is 27.6 Å². The molecule has 0 aromatic heterocycles. The molecule has 0 aliphatic carbocycles. The van der Waals surface area contributed by atoms with Gasteiger partial charge in [-0.05, 0) is 20.8 Å². The predicted molar refractivity (Wildman–Crippen MR) is 70.9 cm³/mol. The van der Waals surface area contributed by atoms with Crippen molar-refractivity contribution in [3.05, 3.63) is 0 Å². The number of ether oxygens (including phenoxy) is 1. The maximum absolute atomic E-state index is 11.8. The van der Waals surface area contributed by atoms with Crippen molar-refractivity contribution in [2.75, 3.05) is 24.4 Å². The number of hydrogen-bond donors (Lipinski definition) is 1. The third-order valence-electron chi connectivity index (χ3n) is 2.23. The summed E-state index contributed by atoms with van der Waals surface area (Å²) in [4.78, 5) is 11.0. The van der Waals surface area contributed by atoms with E-state index in [4.69, 9.17) is 5.73 Å². The Labute approximate surface area is 107 Å². The van der Waals surface area contributed by atoms with E-state index in [9.17, 15) is 13.2 Å². The highest BCUT2D eigenvalue weighted by Gasteiger charge is 2.28. The second-order valence-electron chi connectivity index (χ2n) is 4.64. The van der Waals surface area contributed by atoms with Gasteiger partial charge in [0.2, 0.25) is 0 Å². The zero-order valence-electron chi connectivity index (χ0n) is 10.7. The van der Waals surface area contributed by atoms with Crippen LogP contribution in [0.15, 0.2) is 0 Å². The second kappa shape index (κ2) is 6.61. The van der Waals surface area contributed by atoms with E-state index >= 15 is 0 Å². The van der Waals surface area contributed by atoms with E-state index in [0.717, 1.165) is 0 Å². The minimum absolute atomic E-state index is 0.0923. The maximum Gasteiger partial charge on any atom is 0.323 e. The molecule has 0 bridgehead atoms. The van der Waals surface area contributed by atoms with Crippen LogP contribution in [0.2, 0.25) is 0 Å². The van der Waals surface area contributed by atoms with E-state index in [0.29, 0.717) is 11.5 Å². The van der Waals surface area contributed by atoms with Gasteiger partial charge in [-0.1, -0.05) is 0 Å². The Morgan fingerprint density at radius 3 is 2.35 bits per heavy atom. The topological polar surface area (TPSA) is 86.5 Å². The molecule has 0 radical (unpaired) electrons. The number of esters is 1. The molecular formula is C10H21NO4S2. The first-order chi connectivity index (χ1) is 7.62. The number of methoxy groups -OCH3 is 1. The van der Waals surface area contributed by atoms with Crippen LogP contribution in [0.4, 0.5) is 0 Å². The van der Waals surface area contributed by atoms with Crippen LogP contribution >= 0.6 is 11.8 Å². The fraction of sp³-hybridized carbons (Fsp3) is 0.900. The fourth-order valence-electron chi connectivity index (χ4n) is 0.905. The summed E-state index contributed by atoms with van der Waals surface area (Å²) < 4.78 is 27.2. The Hall–Kier alpha value is -0.270. The lowest BCUT2D eigenvalue weighted by Gasteiger charge is -2.19. The van der Waals surface area contributed by atoms with E-state index < -0.39 is 26.6 Å². The number of carbonyl (C=O) groups excluding carboxylic acids is 1. The van der Waals surface area contributed by atoms with Gasteiger partial charge >= 0.3 is 5.97 Å². The summed E-state index contributed by atoms with van der Waals surface area (Å²) in [6.45, 7) is 5.02. The molecule has 0 spiro atoms. The Morgan fingerprint density at radius 1 is 1.41 bits per heavy atom. The van der Waals surface area contributed by atoms with Crippen molar-refractivity contribution in [1.29, 1.82) is 0 Å². The summed E-state index contributed by atoms with van der Waals surface area (Å²) in [5, 5.41) is 0. The lowest BCUT2D eigenvalue weighted by molar-refractivity contribution is -0.141. The predicted octanol–water partition coefficient (Wildman–Crippen LogP) is 0.433. The van der Waals surface area contributed by atoms with Crippen LogP contribution in [0.3, 0.4) is 0 Å². The molecule has 0 saturated heterocycles. The number of hydrogen-bond acceptors (Lipinski definition) is 6. The number of sulfone groups is 1. The van der Waals surface area contributed by atoms with Gasteiger partial charge < -0.3 is 10.5 Å². The zero-order valence-corrected chi connectivity index (χ0v) is 12.4. The van der Waals surface area contributed by atoms with Crippen molar-refractivity contribution < 1.29 is 17.9 Å². The lowest BCUT2D eigenvalue weighted by Crippen LogP contribution is -2.35. The SMILES string of the molecule is COC(=O)C(N)CSCCS(=O)(=O)C(C)(C)C. The fourth-order valence-corrected chi connectivity index (χ4v) is 3.42.